The van der Waals surface area contributed by atoms with E-state index in [1.54, 1.807) is 24.3 Å². The average molecular weight is 296 g/mol. The molecule has 2 rings (SSSR count). The van der Waals surface area contributed by atoms with Crippen LogP contribution in [0.2, 0.25) is 0 Å². The molecule has 10 heteroatoms. The SMILES string of the molecule is O=[SH](/Oc1nc2ccccc2[nH]1)=[SH]\S(=O)(=O)O. The van der Waals surface area contributed by atoms with Gasteiger partial charge in [0, 0.05) is 9.35 Å². The first-order valence-electron chi connectivity index (χ1n) is 4.24. The number of thiol groups is 2. The molecule has 1 aromatic carbocycles. The van der Waals surface area contributed by atoms with E-state index in [-0.39, 0.29) is 6.01 Å². The Kier molecular flexibility index (Phi) is 3.38. The summed E-state index contributed by atoms with van der Waals surface area (Å²) in [6.07, 6.45) is 0. The van der Waals surface area contributed by atoms with Crippen LogP contribution in [0.15, 0.2) is 24.3 Å². The van der Waals surface area contributed by atoms with E-state index in [1.165, 1.54) is 0 Å². The zero-order valence-corrected chi connectivity index (χ0v) is 10.7. The van der Waals surface area contributed by atoms with Crippen LogP contribution in [0.5, 0.6) is 6.01 Å². The molecule has 1 heterocycles. The van der Waals surface area contributed by atoms with Gasteiger partial charge in [0.05, 0.1) is 11.0 Å². The summed E-state index contributed by atoms with van der Waals surface area (Å²) >= 11 is 0. The minimum atomic E-state index is -4.35. The molecular weight excluding hydrogens is 288 g/mol. The Hall–Kier alpha value is -1.10. The summed E-state index contributed by atoms with van der Waals surface area (Å²) in [6, 6.07) is 6.95. The van der Waals surface area contributed by atoms with Crippen molar-refractivity contribution in [3.05, 3.63) is 24.3 Å². The lowest BCUT2D eigenvalue weighted by molar-refractivity contribution is 0.503. The smallest absolute Gasteiger partial charge is 0.320 e. The lowest BCUT2D eigenvalue weighted by atomic mass is 10.3. The Labute approximate surface area is 101 Å². The summed E-state index contributed by atoms with van der Waals surface area (Å²) < 4.78 is 45.4. The lowest BCUT2D eigenvalue weighted by Gasteiger charge is -1.92. The molecule has 0 fully saturated rings. The maximum atomic E-state index is 11.2. The van der Waals surface area contributed by atoms with Crippen LogP contribution < -0.4 is 4.18 Å². The monoisotopic (exact) mass is 296 g/mol. The van der Waals surface area contributed by atoms with Gasteiger partial charge < -0.3 is 9.17 Å². The molecule has 0 saturated carbocycles. The zero-order valence-electron chi connectivity index (χ0n) is 8.14. The molecule has 94 valence electrons. The molecule has 7 nitrogen and oxygen atoms in total. The van der Waals surface area contributed by atoms with E-state index in [1.807, 2.05) is 0 Å². The molecule has 2 aromatic rings. The molecule has 1 atom stereocenters. The van der Waals surface area contributed by atoms with Crippen LogP contribution in [-0.2, 0) is 28.1 Å². The number of aromatic nitrogens is 2. The predicted molar refractivity (Wildman–Crippen MR) is 66.6 cm³/mol. The second-order valence-corrected chi connectivity index (χ2v) is 8.96. The fourth-order valence-corrected chi connectivity index (χ4v) is 4.24. The third-order valence-electron chi connectivity index (χ3n) is 1.70. The van der Waals surface area contributed by atoms with E-state index in [0.29, 0.717) is 11.0 Å². The van der Waals surface area contributed by atoms with Crippen LogP contribution in [0, 0.1) is 0 Å². The maximum Gasteiger partial charge on any atom is 0.320 e. The highest BCUT2D eigenvalue weighted by atomic mass is 33.3. The molecule has 0 radical (unpaired) electrons. The third-order valence-corrected chi connectivity index (χ3v) is 6.69. The maximum absolute atomic E-state index is 11.2. The van der Waals surface area contributed by atoms with Crippen molar-refractivity contribution < 1.29 is 21.4 Å². The Morgan fingerprint density at radius 3 is 2.76 bits per heavy atom. The first-order chi connectivity index (χ1) is 7.94. The summed E-state index contributed by atoms with van der Waals surface area (Å²) in [5.74, 6) is 0. The van der Waals surface area contributed by atoms with E-state index in [9.17, 15) is 12.6 Å². The number of rotatable bonds is 3. The average Bonchev–Trinajstić information content (AvgIpc) is 2.55. The summed E-state index contributed by atoms with van der Waals surface area (Å²) in [4.78, 5) is 6.65. The zero-order chi connectivity index (χ0) is 12.5. The molecule has 0 saturated heterocycles. The second kappa shape index (κ2) is 4.64. The molecule has 1 unspecified atom stereocenters. The number of H-pyrrole nitrogens is 1. The van der Waals surface area contributed by atoms with E-state index in [2.05, 4.69) is 9.97 Å². The molecule has 0 amide bonds. The van der Waals surface area contributed by atoms with E-state index in [0.717, 1.165) is 0 Å². The normalized spacial score (nSPS) is 14.4. The van der Waals surface area contributed by atoms with Crippen molar-refractivity contribution in [2.24, 2.45) is 0 Å². The van der Waals surface area contributed by atoms with E-state index in [4.69, 9.17) is 8.74 Å². The number of aromatic amines is 1. The van der Waals surface area contributed by atoms with Gasteiger partial charge in [-0.2, -0.15) is 13.4 Å². The van der Waals surface area contributed by atoms with Crippen LogP contribution >= 0.6 is 0 Å². The fraction of sp³-hybridized carbons (Fsp3) is 0. The number of benzene rings is 1. The summed E-state index contributed by atoms with van der Waals surface area (Å²) in [6.45, 7) is 0. The van der Waals surface area contributed by atoms with Crippen molar-refractivity contribution in [2.45, 2.75) is 0 Å². The Bertz CT molecular complexity index is 696. The molecule has 1 aromatic heterocycles. The van der Waals surface area contributed by atoms with Gasteiger partial charge in [-0.05, 0) is 12.1 Å². The third kappa shape index (κ3) is 3.43. The van der Waals surface area contributed by atoms with Gasteiger partial charge in [0.25, 0.3) is 0 Å². The van der Waals surface area contributed by atoms with Crippen molar-refractivity contribution in [1.29, 1.82) is 0 Å². The first kappa shape index (κ1) is 12.4. The van der Waals surface area contributed by atoms with Crippen molar-refractivity contribution in [1.82, 2.24) is 9.97 Å². The molecule has 0 spiro atoms. The van der Waals surface area contributed by atoms with Crippen molar-refractivity contribution in [2.75, 3.05) is 0 Å². The Balaban J connectivity index is 2.31. The molecule has 0 aliphatic rings. The van der Waals surface area contributed by atoms with Gasteiger partial charge in [-0.1, -0.05) is 12.1 Å². The first-order valence-corrected chi connectivity index (χ1v) is 9.07. The largest absolute Gasteiger partial charge is 0.369 e. The topological polar surface area (TPSA) is 109 Å². The van der Waals surface area contributed by atoms with Gasteiger partial charge in [-0.25, -0.2) is 4.21 Å². The molecule has 0 aliphatic heterocycles. The van der Waals surface area contributed by atoms with Crippen molar-refractivity contribution in [3.8, 4) is 6.01 Å². The number of nitrogens with zero attached hydrogens (tertiary/aromatic N) is 1. The number of imidazole rings is 1. The number of hydrogen-bond donors (Lipinski definition) is 4. The standard InChI is InChI=1S/C7H8N2O5S3/c10-16(15-17(11,12)13)14-7-8-5-3-1-2-4-6(5)9-7/h1-4,15-16H,(H,8,9)(H,11,12,13). The van der Waals surface area contributed by atoms with Crippen LogP contribution in [0.3, 0.4) is 0 Å². The van der Waals surface area contributed by atoms with E-state index >= 15 is 0 Å². The van der Waals surface area contributed by atoms with Gasteiger partial charge >= 0.3 is 15.2 Å². The molecule has 2 N–H and O–H groups in total. The number of nitrogens with one attached hydrogen (secondary N) is 1. The molecular formula is C7H8N2O5S3. The summed E-state index contributed by atoms with van der Waals surface area (Å²) in [7, 11) is -7.64. The quantitative estimate of drug-likeness (QED) is 0.357. The van der Waals surface area contributed by atoms with E-state index < -0.39 is 28.1 Å². The second-order valence-electron chi connectivity index (χ2n) is 2.92. The number of fused-ring (bicyclic) bond motifs is 1. The molecule has 0 bridgehead atoms. The highest BCUT2D eigenvalue weighted by molar-refractivity contribution is 8.71. The lowest BCUT2D eigenvalue weighted by Crippen LogP contribution is -2.00. The highest BCUT2D eigenvalue weighted by Crippen LogP contribution is 2.14. The van der Waals surface area contributed by atoms with Crippen LogP contribution in [-0.4, -0.2) is 27.1 Å². The predicted octanol–water partition coefficient (Wildman–Crippen LogP) is -0.130. The van der Waals surface area contributed by atoms with Crippen molar-refractivity contribution in [3.63, 3.8) is 0 Å². The van der Waals surface area contributed by atoms with Gasteiger partial charge in [0.2, 0.25) is 0 Å². The highest BCUT2D eigenvalue weighted by Gasteiger charge is 2.04. The van der Waals surface area contributed by atoms with Crippen molar-refractivity contribution >= 4 is 39.2 Å². The Morgan fingerprint density at radius 2 is 2.12 bits per heavy atom. The number of hydrogen-bond acceptors (Lipinski definition) is 5. The van der Waals surface area contributed by atoms with Gasteiger partial charge in [0.1, 0.15) is 0 Å². The van der Waals surface area contributed by atoms with Crippen LogP contribution in [0.4, 0.5) is 0 Å². The van der Waals surface area contributed by atoms with Gasteiger partial charge in [-0.15, -0.1) is 0 Å². The van der Waals surface area contributed by atoms with Gasteiger partial charge in [0.15, 0.2) is 9.64 Å². The summed E-state index contributed by atoms with van der Waals surface area (Å²) in [5.41, 5.74) is 1.28. The Morgan fingerprint density at radius 1 is 1.41 bits per heavy atom. The van der Waals surface area contributed by atoms with Gasteiger partial charge in [-0.3, -0.25) is 4.55 Å². The van der Waals surface area contributed by atoms with Crippen LogP contribution in [0.25, 0.3) is 11.0 Å². The minimum absolute atomic E-state index is 0.0524. The fourth-order valence-electron chi connectivity index (χ4n) is 1.15. The summed E-state index contributed by atoms with van der Waals surface area (Å²) in [5, 5.41) is 0. The molecule has 17 heavy (non-hydrogen) atoms. The van der Waals surface area contributed by atoms with Crippen LogP contribution in [0.1, 0.15) is 0 Å². The molecule has 0 aliphatic carbocycles. The minimum Gasteiger partial charge on any atom is -0.369 e. The number of para-hydroxylation sites is 2.